The molecule has 0 amide bonds. The van der Waals surface area contributed by atoms with Crippen molar-refractivity contribution in [2.24, 2.45) is 0 Å². The molecule has 0 radical (unpaired) electrons. The summed E-state index contributed by atoms with van der Waals surface area (Å²) in [5.41, 5.74) is 5.11. The van der Waals surface area contributed by atoms with Gasteiger partial charge in [-0.1, -0.05) is 53.6 Å². The molecule has 3 rings (SSSR count). The largest absolute Gasteiger partial charge is 0.381 e. The number of aryl methyl sites for hydroxylation is 3. The molecule has 0 aliphatic heterocycles. The Hall–Kier alpha value is -2.79. The Morgan fingerprint density at radius 3 is 2.22 bits per heavy atom. The van der Waals surface area contributed by atoms with Crippen LogP contribution >= 0.6 is 0 Å². The number of hydrogen-bond acceptors (Lipinski definition) is 4. The van der Waals surface area contributed by atoms with Gasteiger partial charge >= 0.3 is 10.1 Å². The Morgan fingerprint density at radius 1 is 0.852 bits per heavy atom. The zero-order chi connectivity index (χ0) is 19.4. The minimum absolute atomic E-state index is 0.144. The molecule has 0 heterocycles. The van der Waals surface area contributed by atoms with E-state index in [4.69, 9.17) is 4.18 Å². The Bertz CT molecular complexity index is 1040. The first-order valence-corrected chi connectivity index (χ1v) is 10.2. The molecule has 0 saturated heterocycles. The summed E-state index contributed by atoms with van der Waals surface area (Å²) in [5.74, 6) is 0.329. The third kappa shape index (κ3) is 4.68. The number of anilines is 1. The maximum Gasteiger partial charge on any atom is 0.339 e. The van der Waals surface area contributed by atoms with Gasteiger partial charge in [0.2, 0.25) is 0 Å². The quantitative estimate of drug-likeness (QED) is 0.611. The van der Waals surface area contributed by atoms with E-state index < -0.39 is 10.1 Å². The Morgan fingerprint density at radius 2 is 1.52 bits per heavy atom. The fourth-order valence-electron chi connectivity index (χ4n) is 2.80. The topological polar surface area (TPSA) is 55.4 Å². The van der Waals surface area contributed by atoms with E-state index in [-0.39, 0.29) is 4.90 Å². The Balaban J connectivity index is 1.80. The fraction of sp³-hybridized carbons (Fsp3) is 0.182. The highest BCUT2D eigenvalue weighted by Crippen LogP contribution is 2.25. The predicted octanol–water partition coefficient (Wildman–Crippen LogP) is 4.99. The second-order valence-electron chi connectivity index (χ2n) is 6.63. The van der Waals surface area contributed by atoms with Crippen LogP contribution in [-0.4, -0.2) is 8.42 Å². The highest BCUT2D eigenvalue weighted by Gasteiger charge is 2.18. The van der Waals surface area contributed by atoms with Crippen molar-refractivity contribution >= 4 is 15.8 Å². The predicted molar refractivity (Wildman–Crippen MR) is 109 cm³/mol. The van der Waals surface area contributed by atoms with Crippen molar-refractivity contribution in [1.29, 1.82) is 0 Å². The molecule has 4 nitrogen and oxygen atoms in total. The van der Waals surface area contributed by atoms with E-state index in [1.54, 1.807) is 36.4 Å². The van der Waals surface area contributed by atoms with Gasteiger partial charge in [-0.15, -0.1) is 0 Å². The molecule has 0 spiro atoms. The minimum Gasteiger partial charge on any atom is -0.381 e. The number of hydrogen-bond donors (Lipinski definition) is 1. The molecule has 3 aromatic rings. The summed E-state index contributed by atoms with van der Waals surface area (Å²) in [6.45, 7) is 6.46. The first-order valence-electron chi connectivity index (χ1n) is 8.75. The summed E-state index contributed by atoms with van der Waals surface area (Å²) in [5, 5.41) is 3.36. The molecule has 0 atom stereocenters. The van der Waals surface area contributed by atoms with Gasteiger partial charge in [0.1, 0.15) is 10.6 Å². The van der Waals surface area contributed by atoms with E-state index in [2.05, 4.69) is 18.3 Å². The lowest BCUT2D eigenvalue weighted by Gasteiger charge is -2.14. The average Bonchev–Trinajstić information content (AvgIpc) is 2.62. The molecule has 140 valence electrons. The lowest BCUT2D eigenvalue weighted by atomic mass is 10.1. The van der Waals surface area contributed by atoms with Crippen LogP contribution in [0.25, 0.3) is 0 Å². The monoisotopic (exact) mass is 381 g/mol. The van der Waals surface area contributed by atoms with Gasteiger partial charge in [-0.2, -0.15) is 8.42 Å². The van der Waals surface area contributed by atoms with Crippen molar-refractivity contribution in [2.45, 2.75) is 32.2 Å². The van der Waals surface area contributed by atoms with Gasteiger partial charge in [-0.3, -0.25) is 0 Å². The molecule has 0 unspecified atom stereocenters. The highest BCUT2D eigenvalue weighted by atomic mass is 32.2. The van der Waals surface area contributed by atoms with Crippen molar-refractivity contribution in [3.8, 4) is 5.75 Å². The van der Waals surface area contributed by atoms with Gasteiger partial charge in [0, 0.05) is 17.8 Å². The third-order valence-corrected chi connectivity index (χ3v) is 5.58. The lowest BCUT2D eigenvalue weighted by Crippen LogP contribution is -2.12. The number of rotatable bonds is 6. The molecule has 27 heavy (non-hydrogen) atoms. The molecule has 5 heteroatoms. The van der Waals surface area contributed by atoms with Crippen LogP contribution in [0.3, 0.4) is 0 Å². The second kappa shape index (κ2) is 7.84. The average molecular weight is 381 g/mol. The highest BCUT2D eigenvalue weighted by molar-refractivity contribution is 7.87. The minimum atomic E-state index is -3.88. The van der Waals surface area contributed by atoms with E-state index in [1.807, 2.05) is 38.1 Å². The molecule has 0 aliphatic rings. The van der Waals surface area contributed by atoms with E-state index in [9.17, 15) is 8.42 Å². The molecule has 3 aromatic carbocycles. The molecule has 0 fully saturated rings. The Kier molecular flexibility index (Phi) is 5.51. The molecule has 0 aromatic heterocycles. The standard InChI is InChI=1S/C22H23NO3S/c1-16-8-11-20(12-9-16)27(24,25)26-22-7-5-4-6-19(22)15-23-21-13-10-17(2)14-18(21)3/h4-14,23H,15H2,1-3H3. The van der Waals surface area contributed by atoms with Crippen LogP contribution in [0.4, 0.5) is 5.69 Å². The normalized spacial score (nSPS) is 11.2. The summed E-state index contributed by atoms with van der Waals surface area (Å²) in [6, 6.07) is 20.0. The van der Waals surface area contributed by atoms with E-state index >= 15 is 0 Å². The van der Waals surface area contributed by atoms with E-state index in [1.165, 1.54) is 5.56 Å². The van der Waals surface area contributed by atoms with Gasteiger partial charge in [0.15, 0.2) is 0 Å². The van der Waals surface area contributed by atoms with Crippen molar-refractivity contribution < 1.29 is 12.6 Å². The van der Waals surface area contributed by atoms with Crippen LogP contribution in [0.5, 0.6) is 5.75 Å². The van der Waals surface area contributed by atoms with Gasteiger partial charge < -0.3 is 9.50 Å². The molecule has 0 saturated carbocycles. The van der Waals surface area contributed by atoms with Crippen molar-refractivity contribution in [3.63, 3.8) is 0 Å². The first-order chi connectivity index (χ1) is 12.8. The van der Waals surface area contributed by atoms with E-state index in [0.29, 0.717) is 12.3 Å². The third-order valence-electron chi connectivity index (χ3n) is 4.33. The zero-order valence-electron chi connectivity index (χ0n) is 15.7. The summed E-state index contributed by atoms with van der Waals surface area (Å²) in [4.78, 5) is 0.144. The summed E-state index contributed by atoms with van der Waals surface area (Å²) < 4.78 is 30.6. The fourth-order valence-corrected chi connectivity index (χ4v) is 3.77. The molecular weight excluding hydrogens is 358 g/mol. The van der Waals surface area contributed by atoms with Gasteiger partial charge in [0.05, 0.1) is 0 Å². The second-order valence-corrected chi connectivity index (χ2v) is 8.18. The van der Waals surface area contributed by atoms with Crippen LogP contribution in [0.15, 0.2) is 71.6 Å². The zero-order valence-corrected chi connectivity index (χ0v) is 16.5. The number of nitrogens with one attached hydrogen (secondary N) is 1. The van der Waals surface area contributed by atoms with Crippen molar-refractivity contribution in [2.75, 3.05) is 5.32 Å². The SMILES string of the molecule is Cc1ccc(S(=O)(=O)Oc2ccccc2CNc2ccc(C)cc2C)cc1. The number of benzene rings is 3. The van der Waals surface area contributed by atoms with Gasteiger partial charge in [0.25, 0.3) is 0 Å². The van der Waals surface area contributed by atoms with Crippen LogP contribution in [0.2, 0.25) is 0 Å². The molecule has 0 bridgehead atoms. The Labute approximate surface area is 161 Å². The smallest absolute Gasteiger partial charge is 0.339 e. The van der Waals surface area contributed by atoms with Gasteiger partial charge in [-0.05, 0) is 50.6 Å². The number of para-hydroxylation sites is 1. The maximum atomic E-state index is 12.6. The summed E-state index contributed by atoms with van der Waals surface area (Å²) >= 11 is 0. The van der Waals surface area contributed by atoms with Crippen LogP contribution < -0.4 is 9.50 Å². The maximum absolute atomic E-state index is 12.6. The van der Waals surface area contributed by atoms with Gasteiger partial charge in [-0.25, -0.2) is 0 Å². The van der Waals surface area contributed by atoms with Crippen LogP contribution in [0, 0.1) is 20.8 Å². The van der Waals surface area contributed by atoms with Crippen molar-refractivity contribution in [3.05, 3.63) is 89.0 Å². The van der Waals surface area contributed by atoms with Crippen molar-refractivity contribution in [1.82, 2.24) is 0 Å². The summed E-state index contributed by atoms with van der Waals surface area (Å²) in [6.07, 6.45) is 0. The molecule has 1 N–H and O–H groups in total. The first kappa shape index (κ1) is 19.0. The lowest BCUT2D eigenvalue weighted by molar-refractivity contribution is 0.483. The molecule has 0 aliphatic carbocycles. The summed E-state index contributed by atoms with van der Waals surface area (Å²) in [7, 11) is -3.88. The van der Waals surface area contributed by atoms with Crippen LogP contribution in [-0.2, 0) is 16.7 Å². The molecular formula is C22H23NO3S. The van der Waals surface area contributed by atoms with Crippen LogP contribution in [0.1, 0.15) is 22.3 Å². The van der Waals surface area contributed by atoms with E-state index in [0.717, 1.165) is 22.4 Å².